The van der Waals surface area contributed by atoms with Crippen LogP contribution >= 0.6 is 12.6 Å². The number of thiol groups is 1. The molecule has 0 amide bonds. The summed E-state index contributed by atoms with van der Waals surface area (Å²) in [6, 6.07) is 1.53. The van der Waals surface area contributed by atoms with Crippen molar-refractivity contribution < 1.29 is 9.84 Å². The second-order valence-electron chi connectivity index (χ2n) is 3.66. The van der Waals surface area contributed by atoms with Crippen LogP contribution in [-0.4, -0.2) is 32.6 Å². The van der Waals surface area contributed by atoms with E-state index in [1.165, 1.54) is 16.8 Å². The second kappa shape index (κ2) is 4.44. The van der Waals surface area contributed by atoms with Crippen molar-refractivity contribution in [3.8, 4) is 0 Å². The molecular formula is C9H13N3O3S. The molecule has 2 rings (SSSR count). The third kappa shape index (κ3) is 2.06. The van der Waals surface area contributed by atoms with Gasteiger partial charge in [-0.1, -0.05) is 0 Å². The van der Waals surface area contributed by atoms with Crippen LogP contribution in [0.4, 0.5) is 5.82 Å². The molecule has 0 radical (unpaired) electrons. The molecule has 1 aliphatic rings. The van der Waals surface area contributed by atoms with Gasteiger partial charge in [-0.3, -0.25) is 4.57 Å². The lowest BCUT2D eigenvalue weighted by Gasteiger charge is -2.14. The number of hydrogen-bond donors (Lipinski definition) is 3. The number of aliphatic hydroxyl groups is 1. The Morgan fingerprint density at radius 2 is 2.50 bits per heavy atom. The van der Waals surface area contributed by atoms with E-state index in [0.29, 0.717) is 6.42 Å². The van der Waals surface area contributed by atoms with Crippen LogP contribution in [0, 0.1) is 0 Å². The summed E-state index contributed by atoms with van der Waals surface area (Å²) in [6.07, 6.45) is 1.31. The molecule has 0 spiro atoms. The summed E-state index contributed by atoms with van der Waals surface area (Å²) in [5.41, 5.74) is 4.93. The van der Waals surface area contributed by atoms with E-state index < -0.39 is 11.9 Å². The predicted octanol–water partition coefficient (Wildman–Crippen LogP) is -0.596. The fourth-order valence-electron chi connectivity index (χ4n) is 1.70. The van der Waals surface area contributed by atoms with E-state index in [-0.39, 0.29) is 23.8 Å². The van der Waals surface area contributed by atoms with Gasteiger partial charge in [0.1, 0.15) is 12.0 Å². The normalized spacial score (nSPS) is 29.5. The Labute approximate surface area is 97.5 Å². The van der Waals surface area contributed by atoms with Crippen LogP contribution in [0.25, 0.3) is 0 Å². The number of nitrogen functional groups attached to an aromatic ring is 1. The van der Waals surface area contributed by atoms with Crippen molar-refractivity contribution in [2.24, 2.45) is 0 Å². The molecule has 3 N–H and O–H groups in total. The van der Waals surface area contributed by atoms with Gasteiger partial charge in [0.2, 0.25) is 0 Å². The lowest BCUT2D eigenvalue weighted by Crippen LogP contribution is -2.27. The largest absolute Gasteiger partial charge is 0.394 e. The molecule has 1 fully saturated rings. The van der Waals surface area contributed by atoms with Gasteiger partial charge in [0.05, 0.1) is 12.7 Å². The van der Waals surface area contributed by atoms with E-state index in [0.717, 1.165) is 0 Å². The monoisotopic (exact) mass is 243 g/mol. The Hall–Kier alpha value is -1.05. The Bertz CT molecular complexity index is 436. The zero-order valence-corrected chi connectivity index (χ0v) is 9.38. The lowest BCUT2D eigenvalue weighted by molar-refractivity contribution is -0.0236. The molecule has 88 valence electrons. The quantitative estimate of drug-likeness (QED) is 0.604. The number of aliphatic hydroxyl groups excluding tert-OH is 1. The molecule has 2 heterocycles. The topological polar surface area (TPSA) is 90.4 Å². The minimum absolute atomic E-state index is 0.0838. The molecule has 7 heteroatoms. The van der Waals surface area contributed by atoms with E-state index in [1.807, 2.05) is 0 Å². The van der Waals surface area contributed by atoms with Crippen LogP contribution < -0.4 is 11.4 Å². The first-order valence-corrected chi connectivity index (χ1v) is 5.42. The molecule has 0 aliphatic carbocycles. The fourth-order valence-corrected chi connectivity index (χ4v) is 2.04. The van der Waals surface area contributed by atoms with E-state index in [1.54, 1.807) is 0 Å². The van der Waals surface area contributed by atoms with Gasteiger partial charge in [-0.15, -0.1) is 0 Å². The number of anilines is 1. The molecule has 3 atom stereocenters. The first-order chi connectivity index (χ1) is 7.61. The minimum atomic E-state index is -0.455. The van der Waals surface area contributed by atoms with Crippen LogP contribution in [0.5, 0.6) is 0 Å². The van der Waals surface area contributed by atoms with E-state index in [4.69, 9.17) is 15.6 Å². The maximum Gasteiger partial charge on any atom is 0.351 e. The van der Waals surface area contributed by atoms with Gasteiger partial charge >= 0.3 is 5.69 Å². The first kappa shape index (κ1) is 11.4. The maximum atomic E-state index is 11.5. The summed E-state index contributed by atoms with van der Waals surface area (Å²) in [5.74, 6) is 0.181. The Morgan fingerprint density at radius 3 is 3.06 bits per heavy atom. The van der Waals surface area contributed by atoms with Gasteiger partial charge in [-0.05, 0) is 6.07 Å². The average Bonchev–Trinajstić information content (AvgIpc) is 2.59. The smallest absolute Gasteiger partial charge is 0.351 e. The van der Waals surface area contributed by atoms with Gasteiger partial charge in [-0.2, -0.15) is 17.6 Å². The molecule has 16 heavy (non-hydrogen) atoms. The molecule has 1 aliphatic heterocycles. The Balaban J connectivity index is 2.23. The van der Waals surface area contributed by atoms with Crippen molar-refractivity contribution in [1.29, 1.82) is 0 Å². The van der Waals surface area contributed by atoms with Gasteiger partial charge < -0.3 is 15.6 Å². The highest BCUT2D eigenvalue weighted by Crippen LogP contribution is 2.30. The van der Waals surface area contributed by atoms with Crippen LogP contribution in [0.2, 0.25) is 0 Å². The first-order valence-electron chi connectivity index (χ1n) is 4.91. The number of rotatable bonds is 2. The highest BCUT2D eigenvalue weighted by atomic mass is 32.1. The van der Waals surface area contributed by atoms with Crippen LogP contribution in [0.1, 0.15) is 12.6 Å². The van der Waals surface area contributed by atoms with Crippen molar-refractivity contribution in [2.45, 2.75) is 24.0 Å². The fraction of sp³-hybridized carbons (Fsp3) is 0.556. The summed E-state index contributed by atoms with van der Waals surface area (Å²) in [7, 11) is 0. The summed E-state index contributed by atoms with van der Waals surface area (Å²) in [6.45, 7) is -0.109. The summed E-state index contributed by atoms with van der Waals surface area (Å²) >= 11 is 4.29. The summed E-state index contributed by atoms with van der Waals surface area (Å²) in [4.78, 5) is 15.1. The second-order valence-corrected chi connectivity index (χ2v) is 4.32. The van der Waals surface area contributed by atoms with Crippen LogP contribution in [-0.2, 0) is 4.74 Å². The van der Waals surface area contributed by atoms with Crippen molar-refractivity contribution in [3.63, 3.8) is 0 Å². The summed E-state index contributed by atoms with van der Waals surface area (Å²) in [5, 5.41) is 8.93. The van der Waals surface area contributed by atoms with Crippen molar-refractivity contribution in [1.82, 2.24) is 9.55 Å². The average molecular weight is 243 g/mol. The highest BCUT2D eigenvalue weighted by Gasteiger charge is 2.33. The van der Waals surface area contributed by atoms with Crippen molar-refractivity contribution in [2.75, 3.05) is 12.3 Å². The zero-order chi connectivity index (χ0) is 11.7. The number of nitrogens with zero attached hydrogens (tertiary/aromatic N) is 2. The highest BCUT2D eigenvalue weighted by molar-refractivity contribution is 7.81. The van der Waals surface area contributed by atoms with E-state index >= 15 is 0 Å². The SMILES string of the molecule is Nc1ccn(C2CC(S)[C@@H](CO)O2)c(=O)n1. The number of ether oxygens (including phenoxy) is 1. The third-order valence-corrected chi connectivity index (χ3v) is 3.09. The molecule has 0 aromatic carbocycles. The van der Waals surface area contributed by atoms with Crippen molar-refractivity contribution >= 4 is 18.4 Å². The van der Waals surface area contributed by atoms with Gasteiger partial charge in [0.15, 0.2) is 0 Å². The van der Waals surface area contributed by atoms with Crippen molar-refractivity contribution in [3.05, 3.63) is 22.7 Å². The van der Waals surface area contributed by atoms with Crippen LogP contribution in [0.3, 0.4) is 0 Å². The molecule has 0 bridgehead atoms. The van der Waals surface area contributed by atoms with Gasteiger partial charge in [0.25, 0.3) is 0 Å². The van der Waals surface area contributed by atoms with Gasteiger partial charge in [-0.25, -0.2) is 4.79 Å². The van der Waals surface area contributed by atoms with Gasteiger partial charge in [0, 0.05) is 17.9 Å². The molecule has 1 saturated heterocycles. The predicted molar refractivity (Wildman–Crippen MR) is 61.3 cm³/mol. The standard InChI is InChI=1S/C9H13N3O3S/c10-7-1-2-12(9(14)11-7)8-3-6(16)5(4-13)15-8/h1-2,5-6,8,13,16H,3-4H2,(H2,10,11,14)/t5-,6?,8?/m1/s1. The van der Waals surface area contributed by atoms with E-state index in [9.17, 15) is 4.79 Å². The molecule has 0 saturated carbocycles. The van der Waals surface area contributed by atoms with E-state index in [2.05, 4.69) is 17.6 Å². The maximum absolute atomic E-state index is 11.5. The molecular weight excluding hydrogens is 230 g/mol. The molecule has 1 aromatic heterocycles. The lowest BCUT2D eigenvalue weighted by atomic mass is 10.2. The number of aromatic nitrogens is 2. The summed E-state index contributed by atoms with van der Waals surface area (Å²) < 4.78 is 6.84. The Morgan fingerprint density at radius 1 is 1.75 bits per heavy atom. The number of nitrogens with two attached hydrogens (primary N) is 1. The molecule has 1 aromatic rings. The molecule has 6 nitrogen and oxygen atoms in total. The van der Waals surface area contributed by atoms with Crippen LogP contribution in [0.15, 0.2) is 17.1 Å². The number of hydrogen-bond acceptors (Lipinski definition) is 6. The third-order valence-electron chi connectivity index (χ3n) is 2.55. The molecule has 2 unspecified atom stereocenters. The Kier molecular flexibility index (Phi) is 3.17. The minimum Gasteiger partial charge on any atom is -0.394 e. The zero-order valence-electron chi connectivity index (χ0n) is 8.48.